The molecule has 1 fully saturated rings. The van der Waals surface area contributed by atoms with Crippen LogP contribution in [0, 0.1) is 11.8 Å². The topological polar surface area (TPSA) is 38.4 Å². The van der Waals surface area contributed by atoms with E-state index >= 15 is 0 Å². The van der Waals surface area contributed by atoms with Crippen LogP contribution in [0.15, 0.2) is 77.5 Å². The molecule has 0 bridgehead atoms. The van der Waals surface area contributed by atoms with Crippen molar-refractivity contribution in [3.63, 3.8) is 0 Å². The fourth-order valence-electron chi connectivity index (χ4n) is 3.49. The third-order valence-electron chi connectivity index (χ3n) is 5.30. The van der Waals surface area contributed by atoms with Crippen LogP contribution in [0.2, 0.25) is 0 Å². The first-order valence-corrected chi connectivity index (χ1v) is 11.4. The summed E-state index contributed by atoms with van der Waals surface area (Å²) < 4.78 is 0. The Morgan fingerprint density at radius 1 is 1.16 bits per heavy atom. The molecule has 0 aliphatic heterocycles. The van der Waals surface area contributed by atoms with Gasteiger partial charge in [-0.2, -0.15) is 0 Å². The van der Waals surface area contributed by atoms with E-state index in [-0.39, 0.29) is 0 Å². The average Bonchev–Trinajstić information content (AvgIpc) is 3.62. The monoisotopic (exact) mass is 412 g/mol. The fraction of sp³-hybridized carbons (Fsp3) is 0.345. The molecule has 0 amide bonds. The predicted octanol–water partition coefficient (Wildman–Crippen LogP) is 7.14. The molecule has 0 radical (unpaired) electrons. The summed E-state index contributed by atoms with van der Waals surface area (Å²) >= 11 is 0. The number of benzene rings is 1. The van der Waals surface area contributed by atoms with Crippen LogP contribution < -0.4 is 5.73 Å². The molecule has 2 N–H and O–H groups in total. The zero-order chi connectivity index (χ0) is 22.6. The first-order chi connectivity index (χ1) is 15.1. The second kappa shape index (κ2) is 12.7. The van der Waals surface area contributed by atoms with Crippen molar-refractivity contribution < 1.29 is 0 Å². The largest absolute Gasteiger partial charge is 0.330 e. The number of nitrogens with zero attached hydrogens (tertiary/aromatic N) is 1. The van der Waals surface area contributed by atoms with Gasteiger partial charge in [0.05, 0.1) is 0 Å². The average molecular weight is 413 g/mol. The Hall–Kier alpha value is -2.89. The van der Waals surface area contributed by atoms with E-state index in [2.05, 4.69) is 70.0 Å². The maximum Gasteiger partial charge on any atom is 0.0479 e. The highest BCUT2D eigenvalue weighted by Crippen LogP contribution is 2.42. The minimum Gasteiger partial charge on any atom is -0.330 e. The maximum absolute atomic E-state index is 5.72. The van der Waals surface area contributed by atoms with Gasteiger partial charge in [0.25, 0.3) is 0 Å². The second-order valence-corrected chi connectivity index (χ2v) is 7.61. The second-order valence-electron chi connectivity index (χ2n) is 7.61. The van der Waals surface area contributed by atoms with E-state index in [0.29, 0.717) is 6.54 Å². The molecule has 2 nitrogen and oxygen atoms in total. The lowest BCUT2D eigenvalue weighted by Crippen LogP contribution is -2.06. The van der Waals surface area contributed by atoms with Crippen LogP contribution >= 0.6 is 0 Å². The maximum atomic E-state index is 5.72. The highest BCUT2D eigenvalue weighted by molar-refractivity contribution is 6.06. The Kier molecular flexibility index (Phi) is 10.0. The van der Waals surface area contributed by atoms with E-state index < -0.39 is 0 Å². The number of unbranched alkanes of at least 4 members (excludes halogenated alkanes) is 1. The molecule has 1 saturated carbocycles. The molecule has 162 valence electrons. The van der Waals surface area contributed by atoms with Gasteiger partial charge < -0.3 is 5.73 Å². The first kappa shape index (κ1) is 24.4. The molecule has 31 heavy (non-hydrogen) atoms. The van der Waals surface area contributed by atoms with Gasteiger partial charge in [-0.15, -0.1) is 0 Å². The van der Waals surface area contributed by atoms with Crippen molar-refractivity contribution in [2.24, 2.45) is 10.7 Å². The van der Waals surface area contributed by atoms with E-state index in [1.165, 1.54) is 22.3 Å². The van der Waals surface area contributed by atoms with Crippen LogP contribution in [0.5, 0.6) is 0 Å². The summed E-state index contributed by atoms with van der Waals surface area (Å²) in [6.07, 6.45) is 13.7. The number of aliphatic imine (C=N–C) groups is 1. The van der Waals surface area contributed by atoms with Crippen molar-refractivity contribution in [1.29, 1.82) is 0 Å². The Morgan fingerprint density at radius 3 is 2.48 bits per heavy atom. The molecular weight excluding hydrogens is 376 g/mol. The van der Waals surface area contributed by atoms with Gasteiger partial charge in [-0.05, 0) is 80.0 Å². The number of allylic oxidation sites excluding steroid dienone is 6. The summed E-state index contributed by atoms with van der Waals surface area (Å²) in [5, 5.41) is 0. The third-order valence-corrected chi connectivity index (χ3v) is 5.30. The van der Waals surface area contributed by atoms with E-state index in [9.17, 15) is 0 Å². The number of rotatable bonds is 10. The van der Waals surface area contributed by atoms with E-state index in [0.717, 1.165) is 60.9 Å². The van der Waals surface area contributed by atoms with Gasteiger partial charge in [0, 0.05) is 29.5 Å². The van der Waals surface area contributed by atoms with E-state index in [4.69, 9.17) is 10.7 Å². The number of hydrogen-bond acceptors (Lipinski definition) is 2. The zero-order valence-electron chi connectivity index (χ0n) is 19.4. The Morgan fingerprint density at radius 2 is 1.94 bits per heavy atom. The third kappa shape index (κ3) is 6.81. The Bertz CT molecular complexity index is 981. The molecule has 1 aromatic rings. The summed E-state index contributed by atoms with van der Waals surface area (Å²) in [4.78, 5) is 4.87. The normalized spacial score (nSPS) is 14.1. The summed E-state index contributed by atoms with van der Waals surface area (Å²) in [5.74, 6) is 6.62. The molecule has 1 aromatic carbocycles. The van der Waals surface area contributed by atoms with Gasteiger partial charge in [-0.1, -0.05) is 68.7 Å². The van der Waals surface area contributed by atoms with Crippen molar-refractivity contribution in [3.05, 3.63) is 89.2 Å². The quantitative estimate of drug-likeness (QED) is 0.248. The molecule has 1 aliphatic carbocycles. The van der Waals surface area contributed by atoms with Gasteiger partial charge in [0.1, 0.15) is 0 Å². The van der Waals surface area contributed by atoms with Crippen LogP contribution in [0.4, 0.5) is 0 Å². The number of hydrogen-bond donors (Lipinski definition) is 1. The molecule has 0 unspecified atom stereocenters. The molecular formula is C29H36N2. The van der Waals surface area contributed by atoms with Crippen molar-refractivity contribution in [3.8, 4) is 11.8 Å². The molecule has 1 aliphatic rings. The minimum atomic E-state index is 0.589. The fourth-order valence-corrected chi connectivity index (χ4v) is 3.49. The molecule has 0 atom stereocenters. The summed E-state index contributed by atoms with van der Waals surface area (Å²) in [6.45, 7) is 14.9. The minimum absolute atomic E-state index is 0.589. The van der Waals surface area contributed by atoms with Gasteiger partial charge in [0.15, 0.2) is 0 Å². The smallest absolute Gasteiger partial charge is 0.0479 e. The van der Waals surface area contributed by atoms with Gasteiger partial charge in [0.2, 0.25) is 0 Å². The van der Waals surface area contributed by atoms with Crippen LogP contribution in [-0.4, -0.2) is 12.3 Å². The first-order valence-electron chi connectivity index (χ1n) is 11.4. The highest BCUT2D eigenvalue weighted by atomic mass is 14.7. The zero-order valence-corrected chi connectivity index (χ0v) is 19.4. The van der Waals surface area contributed by atoms with Crippen molar-refractivity contribution in [2.75, 3.05) is 6.54 Å². The van der Waals surface area contributed by atoms with Gasteiger partial charge in [-0.25, -0.2) is 0 Å². The van der Waals surface area contributed by atoms with E-state index in [1.54, 1.807) is 0 Å². The van der Waals surface area contributed by atoms with Crippen molar-refractivity contribution >= 4 is 11.3 Å². The Labute approximate surface area is 189 Å². The van der Waals surface area contributed by atoms with E-state index in [1.807, 2.05) is 18.4 Å². The molecule has 0 heterocycles. The van der Waals surface area contributed by atoms with Crippen LogP contribution in [-0.2, 0) is 0 Å². The lowest BCUT2D eigenvalue weighted by Gasteiger charge is -2.16. The summed E-state index contributed by atoms with van der Waals surface area (Å²) in [7, 11) is 0. The lowest BCUT2D eigenvalue weighted by molar-refractivity contribution is 0.969. The standard InChI is InChI=1S/C29H36N2/c1-6-11-12-13-23-14-17-26(28(10-5)31-21-22(7-2)18-19-30)27(20-23)29(25-15-16-25)24(8-3)9-4/h7-9,14,17,20-21H,2-3,6,10-11,15-16,18-19,30H2,1,4-5H3/b22-21+,24-9+,31-28+. The van der Waals surface area contributed by atoms with Crippen LogP contribution in [0.25, 0.3) is 5.57 Å². The molecule has 0 spiro atoms. The predicted molar refractivity (Wildman–Crippen MR) is 137 cm³/mol. The Balaban J connectivity index is 2.69. The molecule has 0 saturated heterocycles. The summed E-state index contributed by atoms with van der Waals surface area (Å²) in [6, 6.07) is 6.52. The van der Waals surface area contributed by atoms with Crippen LogP contribution in [0.1, 0.15) is 76.0 Å². The molecule has 2 heteroatoms. The van der Waals surface area contributed by atoms with Crippen molar-refractivity contribution in [1.82, 2.24) is 0 Å². The summed E-state index contributed by atoms with van der Waals surface area (Å²) in [5.41, 5.74) is 15.2. The van der Waals surface area contributed by atoms with Crippen molar-refractivity contribution in [2.45, 2.75) is 59.3 Å². The lowest BCUT2D eigenvalue weighted by atomic mass is 9.88. The van der Waals surface area contributed by atoms with Gasteiger partial charge in [-0.3, -0.25) is 4.99 Å². The molecule has 2 rings (SSSR count). The van der Waals surface area contributed by atoms with Crippen LogP contribution in [0.3, 0.4) is 0 Å². The highest BCUT2D eigenvalue weighted by Gasteiger charge is 2.23. The van der Waals surface area contributed by atoms with Gasteiger partial charge >= 0.3 is 0 Å². The molecule has 0 aromatic heterocycles. The number of nitrogens with two attached hydrogens (primary N) is 1. The SMILES string of the molecule is C=C/C(=C\N=C(/CC)c1ccc(C#CCCC)cc1C(=C1CC1)/C(C=C)=C/C)CCN.